The minimum atomic E-state index is -4.52. The molecule has 0 saturated heterocycles. The Morgan fingerprint density at radius 3 is 2.32 bits per heavy atom. The van der Waals surface area contributed by atoms with Crippen molar-refractivity contribution < 1.29 is 18.0 Å². The van der Waals surface area contributed by atoms with Crippen LogP contribution in [0.3, 0.4) is 0 Å². The van der Waals surface area contributed by atoms with Gasteiger partial charge in [-0.3, -0.25) is 10.2 Å². The zero-order chi connectivity index (χ0) is 19.9. The number of halogens is 3. The molecule has 0 unspecified atom stereocenters. The van der Waals surface area contributed by atoms with E-state index in [1.807, 2.05) is 18.2 Å². The van der Waals surface area contributed by atoms with Gasteiger partial charge in [-0.25, -0.2) is 0 Å². The maximum absolute atomic E-state index is 13.1. The molecule has 0 heterocycles. The molecule has 1 aliphatic carbocycles. The Kier molecular flexibility index (Phi) is 4.35. The van der Waals surface area contributed by atoms with Crippen molar-refractivity contribution in [1.82, 2.24) is 5.43 Å². The van der Waals surface area contributed by atoms with E-state index in [-0.39, 0.29) is 22.3 Å². The van der Waals surface area contributed by atoms with Crippen LogP contribution in [-0.2, 0) is 6.18 Å². The van der Waals surface area contributed by atoms with E-state index in [0.29, 0.717) is 11.1 Å². The van der Waals surface area contributed by atoms with Crippen molar-refractivity contribution in [2.75, 3.05) is 5.32 Å². The molecule has 4 nitrogen and oxygen atoms in total. The number of hydrazone groups is 1. The summed E-state index contributed by atoms with van der Waals surface area (Å²) in [6.45, 7) is 0. The van der Waals surface area contributed by atoms with E-state index in [1.165, 1.54) is 18.2 Å². The summed E-state index contributed by atoms with van der Waals surface area (Å²) in [4.78, 5) is 12.7. The second kappa shape index (κ2) is 6.72. The largest absolute Gasteiger partial charge is 0.418 e. The van der Waals surface area contributed by atoms with E-state index < -0.39 is 11.7 Å². The molecule has 2 N–H and O–H groups in total. The number of anilines is 1. The Bertz CT molecular complexity index is 1150. The van der Waals surface area contributed by atoms with Crippen molar-refractivity contribution in [3.8, 4) is 0 Å². The molecule has 0 saturated carbocycles. The third-order valence-electron chi connectivity index (χ3n) is 4.37. The van der Waals surface area contributed by atoms with Crippen molar-refractivity contribution in [3.05, 3.63) is 77.4 Å². The van der Waals surface area contributed by atoms with E-state index in [4.69, 9.17) is 12.2 Å². The average Bonchev–Trinajstić information content (AvgIpc) is 2.94. The van der Waals surface area contributed by atoms with Gasteiger partial charge in [0.05, 0.1) is 11.3 Å². The molecule has 8 heteroatoms. The number of alkyl halides is 3. The van der Waals surface area contributed by atoms with Gasteiger partial charge >= 0.3 is 6.18 Å². The lowest BCUT2D eigenvalue weighted by atomic mass is 10.1. The van der Waals surface area contributed by atoms with Gasteiger partial charge in [0.15, 0.2) is 5.11 Å². The molecule has 0 amide bonds. The van der Waals surface area contributed by atoms with E-state index in [9.17, 15) is 18.0 Å². The molecule has 140 valence electrons. The number of benzene rings is 3. The molecule has 0 radical (unpaired) electrons. The Labute approximate surface area is 163 Å². The number of Topliss-reactive ketones (excluding diaryl/α,β-unsaturated/α-hetero) is 1. The summed E-state index contributed by atoms with van der Waals surface area (Å²) in [5.74, 6) is -0.266. The predicted molar refractivity (Wildman–Crippen MR) is 106 cm³/mol. The minimum absolute atomic E-state index is 0.153. The first kappa shape index (κ1) is 18.1. The fraction of sp³-hybridized carbons (Fsp3) is 0.0500. The lowest BCUT2D eigenvalue weighted by Crippen LogP contribution is -2.27. The van der Waals surface area contributed by atoms with Gasteiger partial charge in [0.2, 0.25) is 5.78 Å². The van der Waals surface area contributed by atoms with Crippen LogP contribution in [-0.4, -0.2) is 16.6 Å². The monoisotopic (exact) mass is 399 g/mol. The Morgan fingerprint density at radius 1 is 0.929 bits per heavy atom. The third kappa shape index (κ3) is 3.11. The van der Waals surface area contributed by atoms with Gasteiger partial charge in [0.1, 0.15) is 5.71 Å². The topological polar surface area (TPSA) is 53.5 Å². The average molecular weight is 399 g/mol. The molecule has 3 aromatic rings. The van der Waals surface area contributed by atoms with Gasteiger partial charge in [-0.1, -0.05) is 48.5 Å². The van der Waals surface area contributed by atoms with Gasteiger partial charge in [-0.2, -0.15) is 18.3 Å². The Balaban J connectivity index is 1.59. The SMILES string of the molecule is O=C1/C(=N/NC(=S)Nc2ccccc2C(F)(F)F)c2cccc3cccc1c23. The highest BCUT2D eigenvalue weighted by atomic mass is 32.1. The summed E-state index contributed by atoms with van der Waals surface area (Å²) in [5, 5.41) is 8.11. The first-order valence-corrected chi connectivity index (χ1v) is 8.65. The van der Waals surface area contributed by atoms with Crippen LogP contribution in [0.5, 0.6) is 0 Å². The van der Waals surface area contributed by atoms with Crippen molar-refractivity contribution >= 4 is 45.3 Å². The third-order valence-corrected chi connectivity index (χ3v) is 4.56. The van der Waals surface area contributed by atoms with Crippen LogP contribution in [0.15, 0.2) is 65.8 Å². The number of thiocarbonyl (C=S) groups is 1. The van der Waals surface area contributed by atoms with Crippen LogP contribution in [0.1, 0.15) is 21.5 Å². The molecule has 1 aliphatic rings. The molecule has 28 heavy (non-hydrogen) atoms. The normalized spacial score (nSPS) is 14.5. The number of nitrogens with zero attached hydrogens (tertiary/aromatic N) is 1. The zero-order valence-electron chi connectivity index (χ0n) is 14.2. The first-order valence-electron chi connectivity index (χ1n) is 8.24. The number of hydrogen-bond acceptors (Lipinski definition) is 3. The molecular weight excluding hydrogens is 387 g/mol. The lowest BCUT2D eigenvalue weighted by molar-refractivity contribution is -0.136. The molecule has 3 aromatic carbocycles. The number of rotatable bonds is 2. The summed E-state index contributed by atoms with van der Waals surface area (Å²) >= 11 is 5.05. The van der Waals surface area contributed by atoms with Crippen LogP contribution in [0.4, 0.5) is 18.9 Å². The smallest absolute Gasteiger partial charge is 0.331 e. The van der Waals surface area contributed by atoms with Crippen LogP contribution in [0.2, 0.25) is 0 Å². The summed E-state index contributed by atoms with van der Waals surface area (Å²) in [5.41, 5.74) is 2.80. The van der Waals surface area contributed by atoms with Gasteiger partial charge in [0.25, 0.3) is 0 Å². The molecule has 0 fully saturated rings. The maximum atomic E-state index is 13.1. The van der Waals surface area contributed by atoms with E-state index >= 15 is 0 Å². The van der Waals surface area contributed by atoms with E-state index in [1.54, 1.807) is 18.2 Å². The molecule has 0 spiro atoms. The van der Waals surface area contributed by atoms with Crippen LogP contribution in [0.25, 0.3) is 10.8 Å². The molecular formula is C20H12F3N3OS. The zero-order valence-corrected chi connectivity index (χ0v) is 15.0. The van der Waals surface area contributed by atoms with E-state index in [0.717, 1.165) is 16.8 Å². The van der Waals surface area contributed by atoms with Crippen molar-refractivity contribution in [3.63, 3.8) is 0 Å². The second-order valence-electron chi connectivity index (χ2n) is 6.11. The number of hydrogen-bond donors (Lipinski definition) is 2. The molecule has 0 aliphatic heterocycles. The highest BCUT2D eigenvalue weighted by Gasteiger charge is 2.33. The minimum Gasteiger partial charge on any atom is -0.331 e. The Hall–Kier alpha value is -3.26. The lowest BCUT2D eigenvalue weighted by Gasteiger charge is -2.14. The number of carbonyl (C=O) groups is 1. The number of para-hydroxylation sites is 1. The van der Waals surface area contributed by atoms with Crippen molar-refractivity contribution in [2.24, 2.45) is 5.10 Å². The Morgan fingerprint density at radius 2 is 1.61 bits per heavy atom. The predicted octanol–water partition coefficient (Wildman–Crippen LogP) is 4.75. The molecule has 4 rings (SSSR count). The summed E-state index contributed by atoms with van der Waals surface area (Å²) in [6.07, 6.45) is -4.52. The second-order valence-corrected chi connectivity index (χ2v) is 6.52. The van der Waals surface area contributed by atoms with Gasteiger partial charge in [0, 0.05) is 16.5 Å². The quantitative estimate of drug-likeness (QED) is 0.483. The standard InChI is InChI=1S/C20H12F3N3OS/c21-20(22,23)14-9-1-2-10-15(14)24-19(28)26-25-17-12-7-3-5-11-6-4-8-13(16(11)12)18(17)27/h1-10H,(H2,24,26,28)/b25-17+. The van der Waals surface area contributed by atoms with Crippen LogP contribution in [0, 0.1) is 0 Å². The van der Waals surface area contributed by atoms with Gasteiger partial charge in [-0.05, 0) is 29.7 Å². The highest BCUT2D eigenvalue weighted by Crippen LogP contribution is 2.34. The summed E-state index contributed by atoms with van der Waals surface area (Å²) in [6, 6.07) is 15.8. The molecule has 0 atom stereocenters. The van der Waals surface area contributed by atoms with Gasteiger partial charge < -0.3 is 5.32 Å². The fourth-order valence-corrected chi connectivity index (χ4v) is 3.34. The summed E-state index contributed by atoms with van der Waals surface area (Å²) < 4.78 is 39.3. The maximum Gasteiger partial charge on any atom is 0.418 e. The van der Waals surface area contributed by atoms with Crippen LogP contribution >= 0.6 is 12.2 Å². The van der Waals surface area contributed by atoms with Crippen molar-refractivity contribution in [1.29, 1.82) is 0 Å². The molecule has 0 aromatic heterocycles. The number of nitrogens with one attached hydrogen (secondary N) is 2. The summed E-state index contributed by atoms with van der Waals surface area (Å²) in [7, 11) is 0. The fourth-order valence-electron chi connectivity index (χ4n) is 3.18. The highest BCUT2D eigenvalue weighted by molar-refractivity contribution is 7.80. The van der Waals surface area contributed by atoms with Gasteiger partial charge in [-0.15, -0.1) is 0 Å². The van der Waals surface area contributed by atoms with Crippen LogP contribution < -0.4 is 10.7 Å². The number of carbonyl (C=O) groups excluding carboxylic acids is 1. The number of ketones is 1. The van der Waals surface area contributed by atoms with Crippen molar-refractivity contribution in [2.45, 2.75) is 6.18 Å². The first-order chi connectivity index (χ1) is 13.4. The van der Waals surface area contributed by atoms with E-state index in [2.05, 4.69) is 15.8 Å². The molecule has 0 bridgehead atoms.